The van der Waals surface area contributed by atoms with Gasteiger partial charge in [0.15, 0.2) is 0 Å². The highest BCUT2D eigenvalue weighted by molar-refractivity contribution is 5.66. The highest BCUT2D eigenvalue weighted by Gasteiger charge is 2.67. The van der Waals surface area contributed by atoms with E-state index in [1.165, 1.54) is 0 Å². The summed E-state index contributed by atoms with van der Waals surface area (Å²) < 4.78 is 43.8. The lowest BCUT2D eigenvalue weighted by Crippen LogP contribution is -2.62. The van der Waals surface area contributed by atoms with Crippen molar-refractivity contribution >= 4 is 5.97 Å². The molecule has 0 radical (unpaired) electrons. The van der Waals surface area contributed by atoms with Gasteiger partial charge in [0.2, 0.25) is 5.92 Å². The summed E-state index contributed by atoms with van der Waals surface area (Å²) in [5.41, 5.74) is -0.754. The summed E-state index contributed by atoms with van der Waals surface area (Å²) in [6.07, 6.45) is 1.48. The van der Waals surface area contributed by atoms with Crippen molar-refractivity contribution in [3.63, 3.8) is 0 Å². The Morgan fingerprint density at radius 1 is 1.13 bits per heavy atom. The van der Waals surface area contributed by atoms with E-state index in [4.69, 9.17) is 5.11 Å². The van der Waals surface area contributed by atoms with Crippen molar-refractivity contribution in [2.75, 3.05) is 0 Å². The van der Waals surface area contributed by atoms with Gasteiger partial charge in [-0.3, -0.25) is 4.79 Å². The van der Waals surface area contributed by atoms with Gasteiger partial charge in [-0.2, -0.15) is 0 Å². The second-order valence-electron chi connectivity index (χ2n) is 11.5. The van der Waals surface area contributed by atoms with Gasteiger partial charge in [-0.25, -0.2) is 13.2 Å². The maximum Gasteiger partial charge on any atom is 0.303 e. The molecule has 172 valence electrons. The van der Waals surface area contributed by atoms with Gasteiger partial charge in [-0.15, -0.1) is 0 Å². The number of fused-ring (bicyclic) bond motifs is 5. The normalized spacial score (nSPS) is 50.8. The van der Waals surface area contributed by atoms with Crippen molar-refractivity contribution in [1.82, 2.24) is 0 Å². The van der Waals surface area contributed by atoms with Crippen molar-refractivity contribution in [2.45, 2.75) is 96.8 Å². The molecule has 0 saturated heterocycles. The van der Waals surface area contributed by atoms with Gasteiger partial charge in [0, 0.05) is 19.3 Å². The quantitative estimate of drug-likeness (QED) is 0.601. The standard InChI is InChI=1S/C24H37F3O3/c1-13(4-7-20(29)30)15-5-6-16-21-17(11-19(28)23(15,16)3)22(2)8-9-24(26,27)12-14(22)10-18(21)25/h13-19,21,28H,4-12H2,1-3H3,(H,29,30). The van der Waals surface area contributed by atoms with E-state index >= 15 is 4.39 Å². The van der Waals surface area contributed by atoms with Gasteiger partial charge in [0.05, 0.1) is 6.10 Å². The van der Waals surface area contributed by atoms with Gasteiger partial charge in [-0.1, -0.05) is 20.8 Å². The third kappa shape index (κ3) is 3.31. The molecule has 10 unspecified atom stereocenters. The number of aliphatic carboxylic acids is 1. The number of carboxylic acids is 1. The van der Waals surface area contributed by atoms with Gasteiger partial charge >= 0.3 is 5.97 Å². The van der Waals surface area contributed by atoms with Crippen molar-refractivity contribution in [3.8, 4) is 0 Å². The molecule has 0 spiro atoms. The second-order valence-corrected chi connectivity index (χ2v) is 11.5. The number of hydrogen-bond acceptors (Lipinski definition) is 2. The maximum atomic E-state index is 15.6. The van der Waals surface area contributed by atoms with E-state index < -0.39 is 29.6 Å². The molecule has 4 saturated carbocycles. The lowest BCUT2D eigenvalue weighted by molar-refractivity contribution is -0.210. The average Bonchev–Trinajstić information content (AvgIpc) is 3.00. The first kappa shape index (κ1) is 22.4. The first-order valence-electron chi connectivity index (χ1n) is 11.8. The van der Waals surface area contributed by atoms with Crippen LogP contribution in [0.15, 0.2) is 0 Å². The molecule has 4 aliphatic carbocycles. The predicted octanol–water partition coefficient (Wildman–Crippen LogP) is 5.70. The zero-order chi connectivity index (χ0) is 22.1. The summed E-state index contributed by atoms with van der Waals surface area (Å²) in [6.45, 7) is 6.23. The van der Waals surface area contributed by atoms with E-state index in [1.54, 1.807) is 0 Å². The zero-order valence-corrected chi connectivity index (χ0v) is 18.4. The van der Waals surface area contributed by atoms with Crippen molar-refractivity contribution in [3.05, 3.63) is 0 Å². The number of hydrogen-bond donors (Lipinski definition) is 2. The fourth-order valence-electron chi connectivity index (χ4n) is 8.57. The van der Waals surface area contributed by atoms with E-state index in [0.29, 0.717) is 19.3 Å². The number of aliphatic hydroxyl groups excluding tert-OH is 1. The van der Waals surface area contributed by atoms with Crippen LogP contribution in [0, 0.1) is 46.3 Å². The summed E-state index contributed by atoms with van der Waals surface area (Å²) in [5, 5.41) is 20.4. The molecular formula is C24H37F3O3. The largest absolute Gasteiger partial charge is 0.481 e. The van der Waals surface area contributed by atoms with Crippen molar-refractivity contribution < 1.29 is 28.2 Å². The van der Waals surface area contributed by atoms with Crippen LogP contribution in [0.25, 0.3) is 0 Å². The maximum absolute atomic E-state index is 15.6. The van der Waals surface area contributed by atoms with Crippen LogP contribution in [0.4, 0.5) is 13.2 Å². The molecule has 30 heavy (non-hydrogen) atoms. The predicted molar refractivity (Wildman–Crippen MR) is 108 cm³/mol. The number of rotatable bonds is 4. The summed E-state index contributed by atoms with van der Waals surface area (Å²) in [5.74, 6) is -3.69. The van der Waals surface area contributed by atoms with Crippen molar-refractivity contribution in [2.24, 2.45) is 46.3 Å². The second kappa shape index (κ2) is 7.38. The first-order chi connectivity index (χ1) is 13.9. The summed E-state index contributed by atoms with van der Waals surface area (Å²) in [7, 11) is 0. The molecule has 10 atom stereocenters. The van der Waals surface area contributed by atoms with Gasteiger partial charge in [-0.05, 0) is 84.9 Å². The Balaban J connectivity index is 1.61. The monoisotopic (exact) mass is 430 g/mol. The van der Waals surface area contributed by atoms with Crippen LogP contribution in [0.5, 0.6) is 0 Å². The fraction of sp³-hybridized carbons (Fsp3) is 0.958. The number of alkyl halides is 3. The molecule has 0 aromatic rings. The molecule has 0 amide bonds. The Hall–Kier alpha value is -0.780. The van der Waals surface area contributed by atoms with Crippen LogP contribution >= 0.6 is 0 Å². The van der Waals surface area contributed by atoms with Gasteiger partial charge in [0.1, 0.15) is 6.17 Å². The van der Waals surface area contributed by atoms with Crippen LogP contribution in [-0.2, 0) is 4.79 Å². The molecule has 4 fully saturated rings. The lowest BCUT2D eigenvalue weighted by atomic mass is 9.43. The lowest BCUT2D eigenvalue weighted by Gasteiger charge is -2.63. The Kier molecular flexibility index (Phi) is 5.52. The molecule has 0 aromatic carbocycles. The number of halogens is 3. The molecule has 4 aliphatic rings. The molecular weight excluding hydrogens is 393 g/mol. The molecule has 4 rings (SSSR count). The molecule has 0 aromatic heterocycles. The van der Waals surface area contributed by atoms with Crippen LogP contribution in [0.3, 0.4) is 0 Å². The minimum absolute atomic E-state index is 0.0405. The Bertz CT molecular complexity index is 685. The molecule has 2 N–H and O–H groups in total. The number of carboxylic acid groups (broad SMARTS) is 1. The minimum Gasteiger partial charge on any atom is -0.481 e. The van der Waals surface area contributed by atoms with Gasteiger partial charge in [0.25, 0.3) is 0 Å². The summed E-state index contributed by atoms with van der Waals surface area (Å²) >= 11 is 0. The Morgan fingerprint density at radius 2 is 1.83 bits per heavy atom. The Morgan fingerprint density at radius 3 is 2.50 bits per heavy atom. The highest BCUT2D eigenvalue weighted by Crippen LogP contribution is 2.69. The van der Waals surface area contributed by atoms with Crippen LogP contribution in [0.2, 0.25) is 0 Å². The zero-order valence-electron chi connectivity index (χ0n) is 18.4. The smallest absolute Gasteiger partial charge is 0.303 e. The molecule has 0 heterocycles. The molecule has 0 bridgehead atoms. The van der Waals surface area contributed by atoms with Crippen LogP contribution < -0.4 is 0 Å². The highest BCUT2D eigenvalue weighted by atomic mass is 19.3. The van der Waals surface area contributed by atoms with Crippen LogP contribution in [-0.4, -0.2) is 34.4 Å². The van der Waals surface area contributed by atoms with E-state index in [0.717, 1.165) is 12.8 Å². The molecule has 6 heteroatoms. The third-order valence-electron chi connectivity index (χ3n) is 10.3. The minimum atomic E-state index is -2.70. The average molecular weight is 431 g/mol. The van der Waals surface area contributed by atoms with E-state index in [9.17, 15) is 18.7 Å². The summed E-state index contributed by atoms with van der Waals surface area (Å²) in [6, 6.07) is 0. The topological polar surface area (TPSA) is 57.5 Å². The van der Waals surface area contributed by atoms with Gasteiger partial charge < -0.3 is 10.2 Å². The summed E-state index contributed by atoms with van der Waals surface area (Å²) in [4.78, 5) is 11.0. The molecule has 3 nitrogen and oxygen atoms in total. The van der Waals surface area contributed by atoms with Crippen molar-refractivity contribution in [1.29, 1.82) is 0 Å². The van der Waals surface area contributed by atoms with E-state index in [2.05, 4.69) is 20.8 Å². The number of carbonyl (C=O) groups is 1. The SMILES string of the molecule is CC(CCC(=O)O)C1CCC2C3C(F)CC4CC(F)(F)CCC4(C)C3CC(O)C12C. The molecule has 0 aliphatic heterocycles. The third-order valence-corrected chi connectivity index (χ3v) is 10.3. The Labute approximate surface area is 177 Å². The van der Waals surface area contributed by atoms with E-state index in [1.807, 2.05) is 0 Å². The van der Waals surface area contributed by atoms with E-state index in [-0.39, 0.29) is 66.6 Å². The number of aliphatic hydroxyl groups is 1. The first-order valence-corrected chi connectivity index (χ1v) is 11.8. The van der Waals surface area contributed by atoms with Crippen LogP contribution in [0.1, 0.15) is 78.6 Å². The fourth-order valence-corrected chi connectivity index (χ4v) is 8.57.